The van der Waals surface area contributed by atoms with E-state index in [2.05, 4.69) is 15.3 Å². The summed E-state index contributed by atoms with van der Waals surface area (Å²) in [5, 5.41) is 2.78. The predicted octanol–water partition coefficient (Wildman–Crippen LogP) is 2.84. The van der Waals surface area contributed by atoms with Crippen LogP contribution in [0.2, 0.25) is 0 Å². The first-order chi connectivity index (χ1) is 11.7. The van der Waals surface area contributed by atoms with E-state index in [-0.39, 0.29) is 5.91 Å². The van der Waals surface area contributed by atoms with Crippen molar-refractivity contribution in [1.82, 2.24) is 9.97 Å². The third-order valence-electron chi connectivity index (χ3n) is 3.93. The summed E-state index contributed by atoms with van der Waals surface area (Å²) >= 11 is 0. The van der Waals surface area contributed by atoms with Crippen molar-refractivity contribution in [1.29, 1.82) is 0 Å². The number of hydrogen-bond acceptors (Lipinski definition) is 5. The van der Waals surface area contributed by atoms with Crippen LogP contribution in [0.5, 0.6) is 5.88 Å². The number of rotatable bonds is 5. The molecule has 24 heavy (non-hydrogen) atoms. The van der Waals surface area contributed by atoms with E-state index in [1.807, 2.05) is 19.1 Å². The van der Waals surface area contributed by atoms with E-state index in [1.165, 1.54) is 0 Å². The van der Waals surface area contributed by atoms with Crippen LogP contribution in [0.15, 0.2) is 36.5 Å². The first-order valence-electron chi connectivity index (χ1n) is 8.12. The first-order valence-corrected chi connectivity index (χ1v) is 8.12. The molecule has 1 aliphatic heterocycles. The van der Waals surface area contributed by atoms with Gasteiger partial charge in [0, 0.05) is 36.7 Å². The molecule has 3 heterocycles. The molecule has 0 radical (unpaired) electrons. The largest absolute Gasteiger partial charge is 0.477 e. The number of carbonyl (C=O) groups excluding carboxylic acids is 1. The van der Waals surface area contributed by atoms with Gasteiger partial charge in [0.1, 0.15) is 5.82 Å². The number of hydrogen-bond donors (Lipinski definition) is 1. The zero-order valence-corrected chi connectivity index (χ0v) is 13.7. The summed E-state index contributed by atoms with van der Waals surface area (Å²) in [6.07, 6.45) is 3.58. The van der Waals surface area contributed by atoms with Crippen molar-refractivity contribution in [3.8, 4) is 5.88 Å². The average Bonchev–Trinajstić information content (AvgIpc) is 2.61. The molecule has 6 heteroatoms. The van der Waals surface area contributed by atoms with E-state index < -0.39 is 0 Å². The summed E-state index contributed by atoms with van der Waals surface area (Å²) in [6.45, 7) is 4.05. The van der Waals surface area contributed by atoms with Crippen LogP contribution in [-0.2, 0) is 4.74 Å². The van der Waals surface area contributed by atoms with Gasteiger partial charge in [-0.25, -0.2) is 9.97 Å². The molecule has 3 rings (SSSR count). The molecular formula is C18H21N3O3. The average molecular weight is 327 g/mol. The third-order valence-corrected chi connectivity index (χ3v) is 3.93. The maximum Gasteiger partial charge on any atom is 0.257 e. The lowest BCUT2D eigenvalue weighted by atomic mass is 10.0. The molecule has 1 N–H and O–H groups in total. The van der Waals surface area contributed by atoms with Gasteiger partial charge in [-0.2, -0.15) is 0 Å². The van der Waals surface area contributed by atoms with Crippen molar-refractivity contribution in [2.45, 2.75) is 19.8 Å². The Morgan fingerprint density at radius 2 is 2.17 bits per heavy atom. The molecule has 1 aliphatic rings. The lowest BCUT2D eigenvalue weighted by molar-refractivity contribution is 0.0490. The quantitative estimate of drug-likeness (QED) is 0.914. The second-order valence-corrected chi connectivity index (χ2v) is 5.87. The Kier molecular flexibility index (Phi) is 5.38. The van der Waals surface area contributed by atoms with Crippen LogP contribution in [0, 0.1) is 12.8 Å². The predicted molar refractivity (Wildman–Crippen MR) is 90.2 cm³/mol. The maximum atomic E-state index is 12.3. The van der Waals surface area contributed by atoms with Crippen LogP contribution in [-0.4, -0.2) is 35.7 Å². The molecule has 0 aliphatic carbocycles. The molecule has 0 atom stereocenters. The van der Waals surface area contributed by atoms with Crippen LogP contribution >= 0.6 is 0 Å². The molecule has 0 bridgehead atoms. The highest BCUT2D eigenvalue weighted by Crippen LogP contribution is 2.17. The van der Waals surface area contributed by atoms with Gasteiger partial charge in [-0.3, -0.25) is 4.79 Å². The molecule has 0 aromatic carbocycles. The summed E-state index contributed by atoms with van der Waals surface area (Å²) in [7, 11) is 0. The number of nitrogens with zero attached hydrogens (tertiary/aromatic N) is 2. The van der Waals surface area contributed by atoms with Gasteiger partial charge in [-0.1, -0.05) is 6.07 Å². The topological polar surface area (TPSA) is 73.3 Å². The van der Waals surface area contributed by atoms with E-state index in [0.717, 1.165) is 31.7 Å². The molecule has 0 unspecified atom stereocenters. The van der Waals surface area contributed by atoms with Gasteiger partial charge in [0.25, 0.3) is 5.91 Å². The lowest BCUT2D eigenvalue weighted by Gasteiger charge is -2.21. The molecule has 126 valence electrons. The fraction of sp³-hybridized carbons (Fsp3) is 0.389. The Hall–Kier alpha value is -2.47. The highest BCUT2D eigenvalue weighted by atomic mass is 16.5. The van der Waals surface area contributed by atoms with Crippen LogP contribution in [0.4, 0.5) is 5.82 Å². The van der Waals surface area contributed by atoms with Crippen molar-refractivity contribution < 1.29 is 14.3 Å². The van der Waals surface area contributed by atoms with Crippen molar-refractivity contribution in [3.63, 3.8) is 0 Å². The van der Waals surface area contributed by atoms with Gasteiger partial charge in [-0.15, -0.1) is 0 Å². The number of aryl methyl sites for hydroxylation is 1. The van der Waals surface area contributed by atoms with Gasteiger partial charge in [0.05, 0.1) is 6.61 Å². The van der Waals surface area contributed by atoms with E-state index in [0.29, 0.717) is 29.8 Å². The second kappa shape index (κ2) is 7.88. The van der Waals surface area contributed by atoms with Gasteiger partial charge in [-0.05, 0) is 43.9 Å². The smallest absolute Gasteiger partial charge is 0.257 e. The molecule has 0 saturated carbocycles. The Bertz CT molecular complexity index is 699. The zero-order chi connectivity index (χ0) is 16.8. The Labute approximate surface area is 141 Å². The molecule has 1 fully saturated rings. The number of ether oxygens (including phenoxy) is 2. The SMILES string of the molecule is Cc1cccc(NC(=O)c2ccnc(OCC3CCOCC3)c2)n1. The van der Waals surface area contributed by atoms with E-state index in [4.69, 9.17) is 9.47 Å². The number of carbonyl (C=O) groups is 1. The fourth-order valence-electron chi connectivity index (χ4n) is 2.55. The Balaban J connectivity index is 1.60. The van der Waals surface area contributed by atoms with Crippen LogP contribution < -0.4 is 10.1 Å². The van der Waals surface area contributed by atoms with E-state index in [9.17, 15) is 4.79 Å². The molecule has 2 aromatic heterocycles. The maximum absolute atomic E-state index is 12.3. The number of nitrogens with one attached hydrogen (secondary N) is 1. The van der Waals surface area contributed by atoms with Gasteiger partial charge >= 0.3 is 0 Å². The van der Waals surface area contributed by atoms with Crippen LogP contribution in [0.25, 0.3) is 0 Å². The number of amides is 1. The third kappa shape index (κ3) is 4.52. The molecule has 6 nitrogen and oxygen atoms in total. The van der Waals surface area contributed by atoms with Crippen molar-refractivity contribution in [2.24, 2.45) is 5.92 Å². The second-order valence-electron chi connectivity index (χ2n) is 5.87. The minimum atomic E-state index is -0.230. The van der Waals surface area contributed by atoms with Crippen molar-refractivity contribution in [2.75, 3.05) is 25.1 Å². The van der Waals surface area contributed by atoms with Gasteiger partial charge in [0.15, 0.2) is 0 Å². The molecule has 2 aromatic rings. The first kappa shape index (κ1) is 16.4. The summed E-state index contributed by atoms with van der Waals surface area (Å²) < 4.78 is 11.1. The monoisotopic (exact) mass is 327 g/mol. The van der Waals surface area contributed by atoms with Crippen molar-refractivity contribution in [3.05, 3.63) is 47.8 Å². The van der Waals surface area contributed by atoms with E-state index in [1.54, 1.807) is 24.4 Å². The summed E-state index contributed by atoms with van der Waals surface area (Å²) in [4.78, 5) is 20.8. The summed E-state index contributed by atoms with van der Waals surface area (Å²) in [6, 6.07) is 8.81. The van der Waals surface area contributed by atoms with Gasteiger partial charge < -0.3 is 14.8 Å². The number of aromatic nitrogens is 2. The highest BCUT2D eigenvalue weighted by Gasteiger charge is 2.15. The zero-order valence-electron chi connectivity index (χ0n) is 13.7. The summed E-state index contributed by atoms with van der Waals surface area (Å²) in [5.41, 5.74) is 1.35. The molecule has 1 saturated heterocycles. The molecule has 0 spiro atoms. The van der Waals surface area contributed by atoms with Gasteiger partial charge in [0.2, 0.25) is 5.88 Å². The normalized spacial score (nSPS) is 15.0. The standard InChI is InChI=1S/C18H21N3O3/c1-13-3-2-4-16(20-13)21-18(22)15-5-8-19-17(11-15)24-12-14-6-9-23-10-7-14/h2-5,8,11,14H,6-7,9-10,12H2,1H3,(H,20,21,22). The summed E-state index contributed by atoms with van der Waals surface area (Å²) in [5.74, 6) is 1.24. The highest BCUT2D eigenvalue weighted by molar-refractivity contribution is 6.03. The number of anilines is 1. The minimum Gasteiger partial charge on any atom is -0.477 e. The Morgan fingerprint density at radius 1 is 1.33 bits per heavy atom. The fourth-order valence-corrected chi connectivity index (χ4v) is 2.55. The Morgan fingerprint density at radius 3 is 2.96 bits per heavy atom. The lowest BCUT2D eigenvalue weighted by Crippen LogP contribution is -2.21. The molecular weight excluding hydrogens is 306 g/mol. The number of pyridine rings is 2. The molecule has 1 amide bonds. The van der Waals surface area contributed by atoms with Crippen LogP contribution in [0.1, 0.15) is 28.9 Å². The van der Waals surface area contributed by atoms with Crippen LogP contribution in [0.3, 0.4) is 0 Å². The minimum absolute atomic E-state index is 0.230. The van der Waals surface area contributed by atoms with E-state index >= 15 is 0 Å². The van der Waals surface area contributed by atoms with Crippen molar-refractivity contribution >= 4 is 11.7 Å².